The van der Waals surface area contributed by atoms with Crippen molar-refractivity contribution < 1.29 is 18.4 Å². The third-order valence-corrected chi connectivity index (χ3v) is 4.58. The molecule has 2 amide bonds. The minimum atomic E-state index is -0.399. The van der Waals surface area contributed by atoms with Crippen molar-refractivity contribution in [1.29, 1.82) is 0 Å². The molecule has 1 N–H and O–H groups in total. The fourth-order valence-electron chi connectivity index (χ4n) is 3.09. The van der Waals surface area contributed by atoms with E-state index >= 15 is 0 Å². The summed E-state index contributed by atoms with van der Waals surface area (Å²) in [6.45, 7) is 1.00. The van der Waals surface area contributed by atoms with E-state index in [1.807, 2.05) is 0 Å². The van der Waals surface area contributed by atoms with E-state index in [1.54, 1.807) is 29.2 Å². The maximum Gasteiger partial charge on any atom is 0.227 e. The molecule has 1 saturated heterocycles. The van der Waals surface area contributed by atoms with Crippen molar-refractivity contribution in [1.82, 2.24) is 4.90 Å². The van der Waals surface area contributed by atoms with Gasteiger partial charge in [-0.15, -0.1) is 0 Å². The molecule has 0 unspecified atom stereocenters. The number of benzene rings is 2. The molecule has 0 spiro atoms. The van der Waals surface area contributed by atoms with Crippen molar-refractivity contribution in [3.8, 4) is 0 Å². The Morgan fingerprint density at radius 2 is 1.69 bits per heavy atom. The van der Waals surface area contributed by atoms with Gasteiger partial charge in [-0.05, 0) is 48.7 Å². The van der Waals surface area contributed by atoms with Crippen LogP contribution in [-0.4, -0.2) is 29.8 Å². The predicted octanol–water partition coefficient (Wildman–Crippen LogP) is 3.38. The molecule has 0 bridgehead atoms. The monoisotopic (exact) mass is 358 g/mol. The van der Waals surface area contributed by atoms with E-state index in [0.717, 1.165) is 5.56 Å². The molecule has 2 aromatic carbocycles. The van der Waals surface area contributed by atoms with Crippen LogP contribution >= 0.6 is 0 Å². The van der Waals surface area contributed by atoms with E-state index in [9.17, 15) is 18.4 Å². The van der Waals surface area contributed by atoms with E-state index in [1.165, 1.54) is 24.3 Å². The summed E-state index contributed by atoms with van der Waals surface area (Å²) in [6.07, 6.45) is 1.35. The molecule has 0 radical (unpaired) electrons. The van der Waals surface area contributed by atoms with Crippen LogP contribution in [0, 0.1) is 17.6 Å². The lowest BCUT2D eigenvalue weighted by atomic mass is 9.95. The number of rotatable bonds is 4. The Bertz CT molecular complexity index is 785. The molecule has 0 atom stereocenters. The van der Waals surface area contributed by atoms with Gasteiger partial charge in [-0.3, -0.25) is 9.59 Å². The van der Waals surface area contributed by atoms with Gasteiger partial charge in [0.25, 0.3) is 0 Å². The first kappa shape index (κ1) is 18.0. The minimum absolute atomic E-state index is 0.0272. The van der Waals surface area contributed by atoms with Gasteiger partial charge in [0.2, 0.25) is 11.8 Å². The van der Waals surface area contributed by atoms with Crippen LogP contribution in [-0.2, 0) is 16.0 Å². The highest BCUT2D eigenvalue weighted by Crippen LogP contribution is 2.20. The summed E-state index contributed by atoms with van der Waals surface area (Å²) in [7, 11) is 0. The Kier molecular flexibility index (Phi) is 5.61. The lowest BCUT2D eigenvalue weighted by Crippen LogP contribution is -2.42. The Hall–Kier alpha value is -2.76. The number of amides is 2. The van der Waals surface area contributed by atoms with Crippen molar-refractivity contribution in [2.75, 3.05) is 18.4 Å². The van der Waals surface area contributed by atoms with Gasteiger partial charge in [0.15, 0.2) is 0 Å². The van der Waals surface area contributed by atoms with Gasteiger partial charge < -0.3 is 10.2 Å². The molecule has 1 fully saturated rings. The molecule has 26 heavy (non-hydrogen) atoms. The second-order valence-electron chi connectivity index (χ2n) is 6.46. The number of hydrogen-bond acceptors (Lipinski definition) is 2. The number of nitrogens with one attached hydrogen (secondary N) is 1. The number of carbonyl (C=O) groups is 2. The lowest BCUT2D eigenvalue weighted by Gasteiger charge is -2.31. The van der Waals surface area contributed by atoms with Crippen LogP contribution < -0.4 is 5.32 Å². The molecule has 0 saturated carbocycles. The maximum atomic E-state index is 13.2. The van der Waals surface area contributed by atoms with E-state index < -0.39 is 5.82 Å². The molecule has 1 aliphatic heterocycles. The van der Waals surface area contributed by atoms with Crippen LogP contribution in [0.15, 0.2) is 48.5 Å². The first-order valence-corrected chi connectivity index (χ1v) is 8.60. The summed E-state index contributed by atoms with van der Waals surface area (Å²) in [6, 6.07) is 11.7. The van der Waals surface area contributed by atoms with Gasteiger partial charge >= 0.3 is 0 Å². The standard InChI is InChI=1S/C20H20F2N2O2/c21-16-6-4-14(5-7-16)12-19(25)24-10-8-15(9-11-24)20(26)23-18-3-1-2-17(22)13-18/h1-7,13,15H,8-12H2,(H,23,26). The molecule has 136 valence electrons. The summed E-state index contributed by atoms with van der Waals surface area (Å²) >= 11 is 0. The van der Waals surface area contributed by atoms with Crippen molar-refractivity contribution in [3.05, 3.63) is 65.7 Å². The molecule has 1 heterocycles. The van der Waals surface area contributed by atoms with E-state index in [4.69, 9.17) is 0 Å². The van der Waals surface area contributed by atoms with Gasteiger partial charge in [-0.2, -0.15) is 0 Å². The predicted molar refractivity (Wildman–Crippen MR) is 94.4 cm³/mol. The van der Waals surface area contributed by atoms with Crippen molar-refractivity contribution in [2.24, 2.45) is 5.92 Å². The normalized spacial score (nSPS) is 14.9. The summed E-state index contributed by atoms with van der Waals surface area (Å²) in [4.78, 5) is 26.4. The lowest BCUT2D eigenvalue weighted by molar-refractivity contribution is -0.133. The summed E-state index contributed by atoms with van der Waals surface area (Å²) in [5, 5.41) is 2.72. The molecule has 0 aliphatic carbocycles. The van der Waals surface area contributed by atoms with Gasteiger partial charge in [0.05, 0.1) is 6.42 Å². The number of nitrogens with zero attached hydrogens (tertiary/aromatic N) is 1. The fourth-order valence-corrected chi connectivity index (χ4v) is 3.09. The molecule has 1 aliphatic rings. The number of piperidine rings is 1. The van der Waals surface area contributed by atoms with Crippen LogP contribution in [0.2, 0.25) is 0 Å². The SMILES string of the molecule is O=C(Nc1cccc(F)c1)C1CCN(C(=O)Cc2ccc(F)cc2)CC1. The van der Waals surface area contributed by atoms with Crippen molar-refractivity contribution in [2.45, 2.75) is 19.3 Å². The largest absolute Gasteiger partial charge is 0.342 e. The van der Waals surface area contributed by atoms with Gasteiger partial charge in [-0.25, -0.2) is 8.78 Å². The third-order valence-electron chi connectivity index (χ3n) is 4.58. The zero-order valence-corrected chi connectivity index (χ0v) is 14.3. The number of carbonyl (C=O) groups excluding carboxylic acids is 2. The molecule has 4 nitrogen and oxygen atoms in total. The number of anilines is 1. The molecule has 2 aromatic rings. The minimum Gasteiger partial charge on any atom is -0.342 e. The molecular formula is C20H20F2N2O2. The van der Waals surface area contributed by atoms with Crippen LogP contribution in [0.5, 0.6) is 0 Å². The number of likely N-dealkylation sites (tertiary alicyclic amines) is 1. The van der Waals surface area contributed by atoms with Crippen molar-refractivity contribution in [3.63, 3.8) is 0 Å². The van der Waals surface area contributed by atoms with Gasteiger partial charge in [-0.1, -0.05) is 18.2 Å². The zero-order chi connectivity index (χ0) is 18.5. The molecule has 6 heteroatoms. The fraction of sp³-hybridized carbons (Fsp3) is 0.300. The molecular weight excluding hydrogens is 338 g/mol. The van der Waals surface area contributed by atoms with E-state index in [2.05, 4.69) is 5.32 Å². The highest BCUT2D eigenvalue weighted by molar-refractivity contribution is 5.92. The highest BCUT2D eigenvalue weighted by atomic mass is 19.1. The van der Waals surface area contributed by atoms with Crippen LogP contribution in [0.3, 0.4) is 0 Å². The summed E-state index contributed by atoms with van der Waals surface area (Å²) < 4.78 is 26.1. The Morgan fingerprint density at radius 3 is 2.35 bits per heavy atom. The summed E-state index contributed by atoms with van der Waals surface area (Å²) in [5.74, 6) is -1.11. The van der Waals surface area contributed by atoms with Crippen LogP contribution in [0.1, 0.15) is 18.4 Å². The third kappa shape index (κ3) is 4.65. The first-order valence-electron chi connectivity index (χ1n) is 8.60. The van der Waals surface area contributed by atoms with Gasteiger partial charge in [0, 0.05) is 24.7 Å². The maximum absolute atomic E-state index is 13.2. The summed E-state index contributed by atoms with van der Waals surface area (Å²) in [5.41, 5.74) is 1.20. The van der Waals surface area contributed by atoms with Crippen LogP contribution in [0.25, 0.3) is 0 Å². The average Bonchev–Trinajstić information content (AvgIpc) is 2.64. The Labute approximate surface area is 150 Å². The number of hydrogen-bond donors (Lipinski definition) is 1. The second kappa shape index (κ2) is 8.08. The second-order valence-corrected chi connectivity index (χ2v) is 6.46. The highest BCUT2D eigenvalue weighted by Gasteiger charge is 2.27. The van der Waals surface area contributed by atoms with E-state index in [-0.39, 0.29) is 30.0 Å². The first-order chi connectivity index (χ1) is 12.5. The van der Waals surface area contributed by atoms with Crippen molar-refractivity contribution >= 4 is 17.5 Å². The van der Waals surface area contributed by atoms with Crippen LogP contribution in [0.4, 0.5) is 14.5 Å². The quantitative estimate of drug-likeness (QED) is 0.911. The average molecular weight is 358 g/mol. The Morgan fingerprint density at radius 1 is 1.00 bits per heavy atom. The molecule has 3 rings (SSSR count). The molecule has 0 aromatic heterocycles. The number of halogens is 2. The van der Waals surface area contributed by atoms with Gasteiger partial charge in [0.1, 0.15) is 11.6 Å². The topological polar surface area (TPSA) is 49.4 Å². The zero-order valence-electron chi connectivity index (χ0n) is 14.3. The van der Waals surface area contributed by atoms with E-state index in [0.29, 0.717) is 31.6 Å². The smallest absolute Gasteiger partial charge is 0.227 e. The Balaban J connectivity index is 1.49.